The number of nitrogens with zero attached hydrogens (tertiary/aromatic N) is 3. The van der Waals surface area contributed by atoms with Gasteiger partial charge >= 0.3 is 0 Å². The third kappa shape index (κ3) is 12.2. The molecule has 0 amide bonds. The summed E-state index contributed by atoms with van der Waals surface area (Å²) in [5, 5.41) is 6.89. The van der Waals surface area contributed by atoms with E-state index in [0.29, 0.717) is 0 Å². The van der Waals surface area contributed by atoms with Gasteiger partial charge in [0.05, 0.1) is 0 Å². The molecular formula is C20H43N5. The Kier molecular flexibility index (Phi) is 12.8. The van der Waals surface area contributed by atoms with Crippen LogP contribution in [0, 0.1) is 5.92 Å². The lowest BCUT2D eigenvalue weighted by Gasteiger charge is -2.30. The van der Waals surface area contributed by atoms with Crippen LogP contribution in [0.4, 0.5) is 0 Å². The summed E-state index contributed by atoms with van der Waals surface area (Å²) in [6.45, 7) is 9.40. The minimum atomic E-state index is 0.922. The van der Waals surface area contributed by atoms with Crippen LogP contribution in [-0.4, -0.2) is 76.2 Å². The Labute approximate surface area is 156 Å². The Balaban J connectivity index is 1.92. The van der Waals surface area contributed by atoms with Crippen LogP contribution in [0.15, 0.2) is 4.99 Å². The molecule has 1 heterocycles. The van der Waals surface area contributed by atoms with Gasteiger partial charge in [0.15, 0.2) is 5.96 Å². The van der Waals surface area contributed by atoms with Crippen LogP contribution in [0.1, 0.15) is 58.3 Å². The maximum atomic E-state index is 4.32. The molecular weight excluding hydrogens is 310 g/mol. The molecule has 1 aliphatic heterocycles. The van der Waals surface area contributed by atoms with Crippen LogP contribution < -0.4 is 10.6 Å². The fourth-order valence-corrected chi connectivity index (χ4v) is 3.31. The molecule has 1 saturated heterocycles. The second-order valence-electron chi connectivity index (χ2n) is 7.87. The molecule has 5 nitrogen and oxygen atoms in total. The lowest BCUT2D eigenvalue weighted by atomic mass is 9.99. The largest absolute Gasteiger partial charge is 0.356 e. The van der Waals surface area contributed by atoms with Crippen molar-refractivity contribution in [3.63, 3.8) is 0 Å². The smallest absolute Gasteiger partial charge is 0.190 e. The lowest BCUT2D eigenvalue weighted by molar-refractivity contribution is 0.191. The van der Waals surface area contributed by atoms with Crippen molar-refractivity contribution in [1.29, 1.82) is 0 Å². The summed E-state index contributed by atoms with van der Waals surface area (Å²) in [5.74, 6) is 1.88. The Hall–Kier alpha value is -0.810. The first-order valence-corrected chi connectivity index (χ1v) is 10.4. The van der Waals surface area contributed by atoms with Crippen molar-refractivity contribution < 1.29 is 0 Å². The van der Waals surface area contributed by atoms with Gasteiger partial charge in [-0.3, -0.25) is 4.99 Å². The van der Waals surface area contributed by atoms with E-state index in [0.717, 1.165) is 25.0 Å². The van der Waals surface area contributed by atoms with E-state index >= 15 is 0 Å². The molecule has 0 unspecified atom stereocenters. The van der Waals surface area contributed by atoms with Gasteiger partial charge in [-0.1, -0.05) is 26.2 Å². The highest BCUT2D eigenvalue weighted by Gasteiger charge is 2.14. The fourth-order valence-electron chi connectivity index (χ4n) is 3.31. The Morgan fingerprint density at radius 3 is 2.20 bits per heavy atom. The first-order valence-electron chi connectivity index (χ1n) is 10.4. The maximum absolute atomic E-state index is 4.32. The SMILES string of the molecule is CN=C(NCCCCCCCN(C)C)NCCCN1CCC(C)CC1. The standard InChI is InChI=1S/C20H43N5/c1-19-11-17-25(18-12-19)16-10-14-23-20(21-2)22-13-8-6-5-7-9-15-24(3)4/h19H,5-18H2,1-4H3,(H2,21,22,23). The number of piperidine rings is 1. The van der Waals surface area contributed by atoms with E-state index in [1.807, 2.05) is 7.05 Å². The molecule has 0 spiro atoms. The number of hydrogen-bond donors (Lipinski definition) is 2. The van der Waals surface area contributed by atoms with Crippen molar-refractivity contribution in [1.82, 2.24) is 20.4 Å². The number of nitrogens with one attached hydrogen (secondary N) is 2. The number of rotatable bonds is 12. The molecule has 0 saturated carbocycles. The summed E-state index contributed by atoms with van der Waals surface area (Å²) < 4.78 is 0. The second-order valence-corrected chi connectivity index (χ2v) is 7.87. The molecule has 0 aromatic rings. The van der Waals surface area contributed by atoms with Gasteiger partial charge in [0.1, 0.15) is 0 Å². The van der Waals surface area contributed by atoms with Gasteiger partial charge in [-0.2, -0.15) is 0 Å². The molecule has 5 heteroatoms. The Bertz CT molecular complexity index is 335. The summed E-state index contributed by atoms with van der Waals surface area (Å²) in [5.41, 5.74) is 0. The van der Waals surface area contributed by atoms with Gasteiger partial charge in [0.2, 0.25) is 0 Å². The predicted octanol–water partition coefficient (Wildman–Crippen LogP) is 2.79. The van der Waals surface area contributed by atoms with E-state index in [9.17, 15) is 0 Å². The molecule has 0 radical (unpaired) electrons. The van der Waals surface area contributed by atoms with E-state index in [1.54, 1.807) is 0 Å². The zero-order chi connectivity index (χ0) is 18.3. The van der Waals surface area contributed by atoms with Gasteiger partial charge in [0, 0.05) is 20.1 Å². The molecule has 1 aliphatic rings. The summed E-state index contributed by atoms with van der Waals surface area (Å²) in [6, 6.07) is 0. The topological polar surface area (TPSA) is 42.9 Å². The summed E-state index contributed by atoms with van der Waals surface area (Å²) in [7, 11) is 6.16. The summed E-state index contributed by atoms with van der Waals surface area (Å²) in [4.78, 5) is 9.20. The van der Waals surface area contributed by atoms with Gasteiger partial charge in [0.25, 0.3) is 0 Å². The number of aliphatic imine (C=N–C) groups is 1. The molecule has 2 N–H and O–H groups in total. The Morgan fingerprint density at radius 1 is 0.960 bits per heavy atom. The van der Waals surface area contributed by atoms with Crippen LogP contribution in [0.25, 0.3) is 0 Å². The van der Waals surface area contributed by atoms with E-state index in [-0.39, 0.29) is 0 Å². The van der Waals surface area contributed by atoms with Crippen molar-refractivity contribution in [2.75, 3.05) is 60.4 Å². The summed E-state index contributed by atoms with van der Waals surface area (Å²) in [6.07, 6.45) is 10.5. The number of likely N-dealkylation sites (tertiary alicyclic amines) is 1. The van der Waals surface area contributed by atoms with Crippen LogP contribution in [-0.2, 0) is 0 Å². The van der Waals surface area contributed by atoms with Gasteiger partial charge < -0.3 is 20.4 Å². The fraction of sp³-hybridized carbons (Fsp3) is 0.950. The monoisotopic (exact) mass is 353 g/mol. The number of hydrogen-bond acceptors (Lipinski definition) is 3. The maximum Gasteiger partial charge on any atom is 0.190 e. The predicted molar refractivity (Wildman–Crippen MR) is 110 cm³/mol. The van der Waals surface area contributed by atoms with Crippen LogP contribution in [0.2, 0.25) is 0 Å². The molecule has 0 atom stereocenters. The van der Waals surface area contributed by atoms with Crippen molar-refractivity contribution >= 4 is 5.96 Å². The summed E-state index contributed by atoms with van der Waals surface area (Å²) >= 11 is 0. The molecule has 0 aromatic heterocycles. The number of unbranched alkanes of at least 4 members (excludes halogenated alkanes) is 4. The number of guanidine groups is 1. The van der Waals surface area contributed by atoms with Crippen LogP contribution in [0.5, 0.6) is 0 Å². The minimum Gasteiger partial charge on any atom is -0.356 e. The van der Waals surface area contributed by atoms with Gasteiger partial charge in [-0.05, 0) is 78.3 Å². The van der Waals surface area contributed by atoms with E-state index in [2.05, 4.69) is 46.4 Å². The second kappa shape index (κ2) is 14.4. The molecule has 0 bridgehead atoms. The van der Waals surface area contributed by atoms with Gasteiger partial charge in [-0.15, -0.1) is 0 Å². The zero-order valence-corrected chi connectivity index (χ0v) is 17.3. The average Bonchev–Trinajstić information content (AvgIpc) is 2.60. The lowest BCUT2D eigenvalue weighted by Crippen LogP contribution is -2.40. The molecule has 148 valence electrons. The molecule has 1 fully saturated rings. The van der Waals surface area contributed by atoms with Crippen molar-refractivity contribution in [2.45, 2.75) is 58.3 Å². The third-order valence-corrected chi connectivity index (χ3v) is 5.12. The average molecular weight is 354 g/mol. The highest BCUT2D eigenvalue weighted by molar-refractivity contribution is 5.79. The third-order valence-electron chi connectivity index (χ3n) is 5.12. The molecule has 0 aliphatic carbocycles. The van der Waals surface area contributed by atoms with Gasteiger partial charge in [-0.25, -0.2) is 0 Å². The highest BCUT2D eigenvalue weighted by Crippen LogP contribution is 2.15. The zero-order valence-electron chi connectivity index (χ0n) is 17.3. The first-order chi connectivity index (χ1) is 12.1. The van der Waals surface area contributed by atoms with Crippen LogP contribution >= 0.6 is 0 Å². The van der Waals surface area contributed by atoms with E-state index in [4.69, 9.17) is 0 Å². The van der Waals surface area contributed by atoms with E-state index < -0.39 is 0 Å². The van der Waals surface area contributed by atoms with Crippen LogP contribution in [0.3, 0.4) is 0 Å². The molecule has 0 aromatic carbocycles. The normalized spacial score (nSPS) is 17.2. The first kappa shape index (κ1) is 22.2. The highest BCUT2D eigenvalue weighted by atomic mass is 15.2. The minimum absolute atomic E-state index is 0.922. The quantitative estimate of drug-likeness (QED) is 0.322. The van der Waals surface area contributed by atoms with E-state index in [1.165, 1.54) is 77.5 Å². The van der Waals surface area contributed by atoms with Crippen molar-refractivity contribution in [2.24, 2.45) is 10.9 Å². The van der Waals surface area contributed by atoms with Crippen molar-refractivity contribution in [3.05, 3.63) is 0 Å². The molecule has 25 heavy (non-hydrogen) atoms. The Morgan fingerprint density at radius 2 is 1.56 bits per heavy atom. The molecule has 1 rings (SSSR count). The van der Waals surface area contributed by atoms with Crippen molar-refractivity contribution in [3.8, 4) is 0 Å².